The molecule has 6 heteroatoms. The van der Waals surface area contributed by atoms with Crippen molar-refractivity contribution in [3.05, 3.63) is 0 Å². The van der Waals surface area contributed by atoms with Gasteiger partial charge in [0.2, 0.25) is 0 Å². The van der Waals surface area contributed by atoms with Gasteiger partial charge in [-0.05, 0) is 26.3 Å². The van der Waals surface area contributed by atoms with E-state index in [1.54, 1.807) is 6.26 Å². The lowest BCUT2D eigenvalue weighted by Crippen LogP contribution is -2.28. The van der Waals surface area contributed by atoms with Crippen LogP contribution in [0.1, 0.15) is 26.2 Å². The van der Waals surface area contributed by atoms with Crippen LogP contribution in [-0.4, -0.2) is 39.8 Å². The highest BCUT2D eigenvalue weighted by Gasteiger charge is 2.04. The summed E-state index contributed by atoms with van der Waals surface area (Å²) in [5, 5.41) is 14.6. The minimum absolute atomic E-state index is 0.189. The summed E-state index contributed by atoms with van der Waals surface area (Å²) in [6.07, 6.45) is 4.20. The third kappa shape index (κ3) is 8.38. The van der Waals surface area contributed by atoms with Gasteiger partial charge in [0.25, 0.3) is 0 Å². The second-order valence-corrected chi connectivity index (χ2v) is 5.36. The molecule has 0 bridgehead atoms. The molecule has 2 unspecified atom stereocenters. The highest BCUT2D eigenvalue weighted by atomic mass is 32.2. The van der Waals surface area contributed by atoms with Crippen molar-refractivity contribution in [3.63, 3.8) is 0 Å². The summed E-state index contributed by atoms with van der Waals surface area (Å²) in [7, 11) is -0.761. The topological polar surface area (TPSA) is 87.7 Å². The molecule has 5 nitrogen and oxygen atoms in total. The third-order valence-electron chi connectivity index (χ3n) is 2.16. The molecule has 0 aliphatic rings. The van der Waals surface area contributed by atoms with Crippen molar-refractivity contribution >= 4 is 16.6 Å². The zero-order valence-electron chi connectivity index (χ0n) is 9.40. The summed E-state index contributed by atoms with van der Waals surface area (Å²) < 4.78 is 11.0. The van der Waals surface area contributed by atoms with Gasteiger partial charge in [-0.1, -0.05) is 5.16 Å². The number of hydrogen-bond acceptors (Lipinski definition) is 4. The first-order valence-corrected chi connectivity index (χ1v) is 6.69. The predicted molar refractivity (Wildman–Crippen MR) is 63.7 cm³/mol. The number of oxime groups is 1. The average Bonchev–Trinajstić information content (AvgIpc) is 2.22. The van der Waals surface area contributed by atoms with Crippen molar-refractivity contribution in [1.82, 2.24) is 5.32 Å². The van der Waals surface area contributed by atoms with Crippen LogP contribution in [0.15, 0.2) is 5.16 Å². The van der Waals surface area contributed by atoms with E-state index in [1.807, 2.05) is 6.92 Å². The molecule has 2 atom stereocenters. The van der Waals surface area contributed by atoms with Gasteiger partial charge in [-0.3, -0.25) is 4.21 Å². The Hall–Kier alpha value is -0.620. The maximum atomic E-state index is 11.0. The van der Waals surface area contributed by atoms with Crippen LogP contribution in [0.3, 0.4) is 0 Å². The van der Waals surface area contributed by atoms with Gasteiger partial charge >= 0.3 is 0 Å². The molecular formula is C9H21N3O2S. The Kier molecular flexibility index (Phi) is 8.31. The van der Waals surface area contributed by atoms with Crippen LogP contribution in [0.5, 0.6) is 0 Å². The van der Waals surface area contributed by atoms with Crippen LogP contribution in [-0.2, 0) is 10.8 Å². The second kappa shape index (κ2) is 8.67. The molecule has 0 amide bonds. The Morgan fingerprint density at radius 1 is 1.60 bits per heavy atom. The molecule has 0 rings (SSSR count). The van der Waals surface area contributed by atoms with Crippen LogP contribution < -0.4 is 11.1 Å². The van der Waals surface area contributed by atoms with Gasteiger partial charge in [-0.15, -0.1) is 0 Å². The van der Waals surface area contributed by atoms with Gasteiger partial charge < -0.3 is 16.3 Å². The van der Waals surface area contributed by atoms with E-state index < -0.39 is 10.8 Å². The van der Waals surface area contributed by atoms with Gasteiger partial charge in [0.15, 0.2) is 0 Å². The van der Waals surface area contributed by atoms with E-state index in [0.29, 0.717) is 6.42 Å². The first-order valence-electron chi connectivity index (χ1n) is 5.07. The number of rotatable bonds is 8. The largest absolute Gasteiger partial charge is 0.409 e. The average molecular weight is 235 g/mol. The van der Waals surface area contributed by atoms with Crippen LogP contribution in [0, 0.1) is 0 Å². The lowest BCUT2D eigenvalue weighted by Gasteiger charge is -2.09. The lowest BCUT2D eigenvalue weighted by molar-refractivity contribution is 0.316. The number of nitrogens with zero attached hydrogens (tertiary/aromatic N) is 1. The summed E-state index contributed by atoms with van der Waals surface area (Å²) in [5.41, 5.74) is 5.32. The third-order valence-corrected chi connectivity index (χ3v) is 3.46. The van der Waals surface area contributed by atoms with E-state index in [2.05, 4.69) is 10.5 Å². The Labute approximate surface area is 93.6 Å². The molecule has 0 heterocycles. The molecule has 0 aromatic carbocycles. The summed E-state index contributed by atoms with van der Waals surface area (Å²) >= 11 is 0. The van der Waals surface area contributed by atoms with Crippen LogP contribution in [0.4, 0.5) is 0 Å². The lowest BCUT2D eigenvalue weighted by atomic mass is 10.2. The maximum Gasteiger partial charge on any atom is 0.139 e. The summed E-state index contributed by atoms with van der Waals surface area (Å²) in [6, 6.07) is 0. The molecular weight excluding hydrogens is 214 g/mol. The van der Waals surface area contributed by atoms with Crippen molar-refractivity contribution in [2.45, 2.75) is 31.4 Å². The number of nitrogens with one attached hydrogen (secondary N) is 1. The van der Waals surface area contributed by atoms with E-state index in [0.717, 1.165) is 25.9 Å². The molecule has 0 saturated carbocycles. The molecule has 90 valence electrons. The smallest absolute Gasteiger partial charge is 0.139 e. The van der Waals surface area contributed by atoms with Crippen LogP contribution in [0.25, 0.3) is 0 Å². The van der Waals surface area contributed by atoms with Gasteiger partial charge in [0.05, 0.1) is 0 Å². The Morgan fingerprint density at radius 3 is 2.80 bits per heavy atom. The SMILES string of the molecule is CC(CNCCCCC(N)=NO)S(C)=O. The van der Waals surface area contributed by atoms with Crippen molar-refractivity contribution < 1.29 is 9.42 Å². The van der Waals surface area contributed by atoms with Crippen molar-refractivity contribution in [2.24, 2.45) is 10.9 Å². The molecule has 0 aromatic heterocycles. The van der Waals surface area contributed by atoms with Crippen LogP contribution in [0.2, 0.25) is 0 Å². The molecule has 0 spiro atoms. The second-order valence-electron chi connectivity index (χ2n) is 3.56. The molecule has 0 aromatic rings. The molecule has 0 fully saturated rings. The van der Waals surface area contributed by atoms with Gasteiger partial charge in [0, 0.05) is 35.3 Å². The van der Waals surface area contributed by atoms with Crippen molar-refractivity contribution in [2.75, 3.05) is 19.3 Å². The summed E-state index contributed by atoms with van der Waals surface area (Å²) in [5.74, 6) is 0.276. The first kappa shape index (κ1) is 14.4. The van der Waals surface area contributed by atoms with E-state index in [-0.39, 0.29) is 11.1 Å². The minimum Gasteiger partial charge on any atom is -0.409 e. The number of amidine groups is 1. The van der Waals surface area contributed by atoms with E-state index in [4.69, 9.17) is 10.9 Å². The summed E-state index contributed by atoms with van der Waals surface area (Å²) in [6.45, 7) is 3.60. The van der Waals surface area contributed by atoms with Crippen molar-refractivity contribution in [1.29, 1.82) is 0 Å². The Morgan fingerprint density at radius 2 is 2.27 bits per heavy atom. The Balaban J connectivity index is 3.29. The Bertz CT molecular complexity index is 221. The summed E-state index contributed by atoms with van der Waals surface area (Å²) in [4.78, 5) is 0. The highest BCUT2D eigenvalue weighted by Crippen LogP contribution is 1.94. The van der Waals surface area contributed by atoms with E-state index in [1.165, 1.54) is 0 Å². The van der Waals surface area contributed by atoms with Gasteiger partial charge in [-0.25, -0.2) is 0 Å². The zero-order chi connectivity index (χ0) is 11.7. The van der Waals surface area contributed by atoms with Gasteiger partial charge in [-0.2, -0.15) is 0 Å². The van der Waals surface area contributed by atoms with E-state index in [9.17, 15) is 4.21 Å². The van der Waals surface area contributed by atoms with Crippen LogP contribution >= 0.6 is 0 Å². The maximum absolute atomic E-state index is 11.0. The zero-order valence-corrected chi connectivity index (χ0v) is 10.2. The monoisotopic (exact) mass is 235 g/mol. The molecule has 0 radical (unpaired) electrons. The quantitative estimate of drug-likeness (QED) is 0.185. The molecule has 0 aliphatic heterocycles. The normalized spacial score (nSPS) is 16.3. The molecule has 4 N–H and O–H groups in total. The fourth-order valence-electron chi connectivity index (χ4n) is 1.03. The number of nitrogens with two attached hydrogens (primary N) is 1. The minimum atomic E-state index is -0.761. The number of hydrogen-bond donors (Lipinski definition) is 3. The molecule has 0 aliphatic carbocycles. The van der Waals surface area contributed by atoms with E-state index >= 15 is 0 Å². The predicted octanol–water partition coefficient (Wildman–Crippen LogP) is 0.260. The van der Waals surface area contributed by atoms with Crippen molar-refractivity contribution in [3.8, 4) is 0 Å². The number of unbranched alkanes of at least 4 members (excludes halogenated alkanes) is 1. The standard InChI is InChI=1S/C9H21N3O2S/c1-8(15(2)14)7-11-6-4-3-5-9(10)12-13/h8,11,13H,3-7H2,1-2H3,(H2,10,12). The fourth-order valence-corrected chi connectivity index (χ4v) is 1.38. The highest BCUT2D eigenvalue weighted by molar-refractivity contribution is 7.84. The fraction of sp³-hybridized carbons (Fsp3) is 0.889. The first-order chi connectivity index (χ1) is 7.07. The molecule has 0 saturated heterocycles. The molecule has 15 heavy (non-hydrogen) atoms. The van der Waals surface area contributed by atoms with Gasteiger partial charge in [0.1, 0.15) is 5.84 Å².